The number of rotatable bonds is 4. The SMILES string of the molecule is CCOC(=O)N1CCN(C(=O)[C@@H](N)C(C)C(=O)OC(C)(C)C)CC1. The van der Waals surface area contributed by atoms with Gasteiger partial charge < -0.3 is 25.0 Å². The Morgan fingerprint density at radius 1 is 1.08 bits per heavy atom. The molecular formula is C16H29N3O5. The standard InChI is InChI=1S/C16H29N3O5/c1-6-23-15(22)19-9-7-18(8-10-19)13(20)12(17)11(2)14(21)24-16(3,4)5/h11-12H,6-10,17H2,1-5H3/t11?,12-/m0/s1. The molecule has 0 radical (unpaired) electrons. The molecule has 1 fully saturated rings. The molecule has 0 bridgehead atoms. The molecule has 8 heteroatoms. The molecule has 0 saturated carbocycles. The van der Waals surface area contributed by atoms with E-state index in [1.807, 2.05) is 0 Å². The smallest absolute Gasteiger partial charge is 0.409 e. The largest absolute Gasteiger partial charge is 0.460 e. The minimum absolute atomic E-state index is 0.308. The average molecular weight is 343 g/mol. The molecule has 1 aliphatic heterocycles. The van der Waals surface area contributed by atoms with Crippen molar-refractivity contribution in [1.82, 2.24) is 9.80 Å². The van der Waals surface area contributed by atoms with E-state index in [0.717, 1.165) is 0 Å². The number of piperazine rings is 1. The van der Waals surface area contributed by atoms with E-state index in [-0.39, 0.29) is 12.0 Å². The van der Waals surface area contributed by atoms with Crippen LogP contribution in [-0.2, 0) is 19.1 Å². The average Bonchev–Trinajstić information content (AvgIpc) is 2.51. The van der Waals surface area contributed by atoms with Gasteiger partial charge in [-0.15, -0.1) is 0 Å². The van der Waals surface area contributed by atoms with Gasteiger partial charge in [-0.05, 0) is 34.6 Å². The third kappa shape index (κ3) is 5.67. The van der Waals surface area contributed by atoms with E-state index >= 15 is 0 Å². The summed E-state index contributed by atoms with van der Waals surface area (Å²) in [5.74, 6) is -1.54. The molecule has 0 spiro atoms. The normalized spacial score (nSPS) is 17.9. The van der Waals surface area contributed by atoms with Crippen LogP contribution in [0, 0.1) is 5.92 Å². The Labute approximate surface area is 143 Å². The van der Waals surface area contributed by atoms with Crippen LogP contribution < -0.4 is 5.73 Å². The number of hydrogen-bond acceptors (Lipinski definition) is 6. The summed E-state index contributed by atoms with van der Waals surface area (Å²) in [6.45, 7) is 10.4. The van der Waals surface area contributed by atoms with E-state index in [9.17, 15) is 14.4 Å². The highest BCUT2D eigenvalue weighted by atomic mass is 16.6. The minimum atomic E-state index is -0.964. The number of nitrogens with two attached hydrogens (primary N) is 1. The first-order valence-electron chi connectivity index (χ1n) is 8.25. The maximum atomic E-state index is 12.5. The highest BCUT2D eigenvalue weighted by Crippen LogP contribution is 2.15. The molecule has 2 N–H and O–H groups in total. The summed E-state index contributed by atoms with van der Waals surface area (Å²) in [6.07, 6.45) is -0.379. The Morgan fingerprint density at radius 3 is 2.04 bits per heavy atom. The highest BCUT2D eigenvalue weighted by Gasteiger charge is 2.34. The van der Waals surface area contributed by atoms with Crippen LogP contribution in [0.15, 0.2) is 0 Å². The maximum absolute atomic E-state index is 12.5. The van der Waals surface area contributed by atoms with E-state index in [4.69, 9.17) is 15.2 Å². The molecular weight excluding hydrogens is 314 g/mol. The summed E-state index contributed by atoms with van der Waals surface area (Å²) in [6, 6.07) is -0.964. The fraction of sp³-hybridized carbons (Fsp3) is 0.812. The molecule has 8 nitrogen and oxygen atoms in total. The lowest BCUT2D eigenvalue weighted by molar-refractivity contribution is -0.162. The molecule has 138 valence electrons. The predicted molar refractivity (Wildman–Crippen MR) is 88.2 cm³/mol. The van der Waals surface area contributed by atoms with Crippen LogP contribution >= 0.6 is 0 Å². The Kier molecular flexibility index (Phi) is 7.01. The number of esters is 1. The van der Waals surface area contributed by atoms with Gasteiger partial charge in [0.25, 0.3) is 0 Å². The van der Waals surface area contributed by atoms with Crippen molar-refractivity contribution in [1.29, 1.82) is 0 Å². The third-order valence-electron chi connectivity index (χ3n) is 3.72. The van der Waals surface area contributed by atoms with Gasteiger partial charge in [-0.3, -0.25) is 9.59 Å². The van der Waals surface area contributed by atoms with Gasteiger partial charge in [0.1, 0.15) is 5.60 Å². The summed E-state index contributed by atoms with van der Waals surface area (Å²) in [4.78, 5) is 39.3. The Hall–Kier alpha value is -1.83. The predicted octanol–water partition coefficient (Wildman–Crippen LogP) is 0.592. The zero-order valence-corrected chi connectivity index (χ0v) is 15.2. The van der Waals surface area contributed by atoms with E-state index in [1.165, 1.54) is 0 Å². The van der Waals surface area contributed by atoms with E-state index < -0.39 is 23.5 Å². The Balaban J connectivity index is 2.55. The molecule has 1 heterocycles. The Bertz CT molecular complexity index is 467. The van der Waals surface area contributed by atoms with Gasteiger partial charge in [-0.1, -0.05) is 0 Å². The molecule has 2 atom stereocenters. The Morgan fingerprint density at radius 2 is 1.58 bits per heavy atom. The number of ether oxygens (including phenoxy) is 2. The second-order valence-electron chi connectivity index (χ2n) is 6.86. The van der Waals surface area contributed by atoms with Crippen molar-refractivity contribution in [3.63, 3.8) is 0 Å². The van der Waals surface area contributed by atoms with Gasteiger partial charge in [0, 0.05) is 26.2 Å². The van der Waals surface area contributed by atoms with Gasteiger partial charge >= 0.3 is 12.1 Å². The maximum Gasteiger partial charge on any atom is 0.409 e. The molecule has 0 aromatic carbocycles. The molecule has 1 unspecified atom stereocenters. The molecule has 0 aromatic rings. The van der Waals surface area contributed by atoms with Crippen molar-refractivity contribution in [2.24, 2.45) is 11.7 Å². The van der Waals surface area contributed by atoms with E-state index in [0.29, 0.717) is 32.8 Å². The molecule has 24 heavy (non-hydrogen) atoms. The number of nitrogens with zero attached hydrogens (tertiary/aromatic N) is 2. The van der Waals surface area contributed by atoms with Gasteiger partial charge in [-0.25, -0.2) is 4.79 Å². The number of hydrogen-bond donors (Lipinski definition) is 1. The van der Waals surface area contributed by atoms with Crippen LogP contribution in [0.25, 0.3) is 0 Å². The first-order valence-corrected chi connectivity index (χ1v) is 8.25. The minimum Gasteiger partial charge on any atom is -0.460 e. The molecule has 1 aliphatic rings. The lowest BCUT2D eigenvalue weighted by Gasteiger charge is -2.36. The summed E-state index contributed by atoms with van der Waals surface area (Å²) in [5.41, 5.74) is 5.33. The van der Waals surface area contributed by atoms with Crippen LogP contribution in [0.4, 0.5) is 4.79 Å². The third-order valence-corrected chi connectivity index (χ3v) is 3.72. The van der Waals surface area contributed by atoms with Gasteiger partial charge in [0.05, 0.1) is 18.6 Å². The summed E-state index contributed by atoms with van der Waals surface area (Å²) >= 11 is 0. The lowest BCUT2D eigenvalue weighted by Crippen LogP contribution is -2.56. The van der Waals surface area contributed by atoms with E-state index in [1.54, 1.807) is 44.4 Å². The van der Waals surface area contributed by atoms with Gasteiger partial charge in [0.15, 0.2) is 0 Å². The van der Waals surface area contributed by atoms with Crippen LogP contribution in [0.3, 0.4) is 0 Å². The van der Waals surface area contributed by atoms with Crippen LogP contribution in [-0.4, -0.2) is 72.2 Å². The summed E-state index contributed by atoms with van der Waals surface area (Å²) in [7, 11) is 0. The topological polar surface area (TPSA) is 102 Å². The lowest BCUT2D eigenvalue weighted by atomic mass is 10.0. The fourth-order valence-corrected chi connectivity index (χ4v) is 2.29. The van der Waals surface area contributed by atoms with Crippen LogP contribution in [0.1, 0.15) is 34.6 Å². The second kappa shape index (κ2) is 8.32. The van der Waals surface area contributed by atoms with Crippen LogP contribution in [0.5, 0.6) is 0 Å². The first kappa shape index (κ1) is 20.2. The number of carbonyl (C=O) groups is 3. The fourth-order valence-electron chi connectivity index (χ4n) is 2.29. The number of amides is 2. The monoisotopic (exact) mass is 343 g/mol. The zero-order chi connectivity index (χ0) is 18.5. The van der Waals surface area contributed by atoms with Crippen molar-refractivity contribution in [2.75, 3.05) is 32.8 Å². The first-order chi connectivity index (χ1) is 11.1. The second-order valence-corrected chi connectivity index (χ2v) is 6.86. The van der Waals surface area contributed by atoms with Crippen molar-refractivity contribution >= 4 is 18.0 Å². The summed E-state index contributed by atoms with van der Waals surface area (Å²) < 4.78 is 10.2. The highest BCUT2D eigenvalue weighted by molar-refractivity contribution is 5.88. The molecule has 0 aliphatic carbocycles. The van der Waals surface area contributed by atoms with Crippen molar-refractivity contribution in [2.45, 2.75) is 46.3 Å². The van der Waals surface area contributed by atoms with Crippen molar-refractivity contribution in [3.8, 4) is 0 Å². The molecule has 1 saturated heterocycles. The quantitative estimate of drug-likeness (QED) is 0.750. The molecule has 2 amide bonds. The van der Waals surface area contributed by atoms with Crippen molar-refractivity contribution in [3.05, 3.63) is 0 Å². The van der Waals surface area contributed by atoms with Crippen LogP contribution in [0.2, 0.25) is 0 Å². The van der Waals surface area contributed by atoms with Gasteiger partial charge in [0.2, 0.25) is 5.91 Å². The molecule has 0 aromatic heterocycles. The van der Waals surface area contributed by atoms with Gasteiger partial charge in [-0.2, -0.15) is 0 Å². The zero-order valence-electron chi connectivity index (χ0n) is 15.2. The van der Waals surface area contributed by atoms with E-state index in [2.05, 4.69) is 0 Å². The molecule has 1 rings (SSSR count). The number of carbonyl (C=O) groups excluding carboxylic acids is 3. The summed E-state index contributed by atoms with van der Waals surface area (Å²) in [5, 5.41) is 0. The van der Waals surface area contributed by atoms with Crippen molar-refractivity contribution < 1.29 is 23.9 Å².